The maximum absolute atomic E-state index is 11.0. The number of hydrogen-bond acceptors (Lipinski definition) is 4. The number of nitrogens with one attached hydrogen (secondary N) is 1. The second-order valence-corrected chi connectivity index (χ2v) is 2.31. The van der Waals surface area contributed by atoms with E-state index in [1.807, 2.05) is 0 Å². The van der Waals surface area contributed by atoms with Gasteiger partial charge in [-0.15, -0.1) is 12.3 Å². The van der Waals surface area contributed by atoms with Gasteiger partial charge < -0.3 is 15.8 Å². The lowest BCUT2D eigenvalue weighted by Gasteiger charge is -2.07. The van der Waals surface area contributed by atoms with E-state index >= 15 is 0 Å². The standard InChI is InChI=1S/C8H12N2O3/c1-3-4-6(9)8(12)10-5-7(11)13-2/h1,6H,4-5,9H2,2H3,(H,10,12). The minimum atomic E-state index is -0.769. The highest BCUT2D eigenvalue weighted by Crippen LogP contribution is 1.85. The van der Waals surface area contributed by atoms with Gasteiger partial charge in [-0.25, -0.2) is 0 Å². The zero-order valence-corrected chi connectivity index (χ0v) is 7.37. The lowest BCUT2D eigenvalue weighted by molar-refractivity contribution is -0.141. The largest absolute Gasteiger partial charge is 0.468 e. The van der Waals surface area contributed by atoms with Crippen LogP contribution in [0.3, 0.4) is 0 Å². The highest BCUT2D eigenvalue weighted by Gasteiger charge is 2.12. The predicted molar refractivity (Wildman–Crippen MR) is 46.5 cm³/mol. The van der Waals surface area contributed by atoms with Gasteiger partial charge in [-0.2, -0.15) is 0 Å². The Kier molecular flexibility index (Phi) is 5.32. The van der Waals surface area contributed by atoms with Crippen molar-refractivity contribution in [3.05, 3.63) is 0 Å². The highest BCUT2D eigenvalue weighted by molar-refractivity contribution is 5.85. The van der Waals surface area contributed by atoms with Gasteiger partial charge in [-0.1, -0.05) is 0 Å². The maximum atomic E-state index is 11.0. The molecule has 0 aromatic rings. The van der Waals surface area contributed by atoms with Crippen LogP contribution in [0.15, 0.2) is 0 Å². The number of amides is 1. The monoisotopic (exact) mass is 184 g/mol. The van der Waals surface area contributed by atoms with Gasteiger partial charge in [-0.3, -0.25) is 9.59 Å². The summed E-state index contributed by atoms with van der Waals surface area (Å²) in [5.74, 6) is 1.27. The van der Waals surface area contributed by atoms with E-state index in [-0.39, 0.29) is 13.0 Å². The van der Waals surface area contributed by atoms with Gasteiger partial charge in [-0.05, 0) is 0 Å². The third-order valence-corrected chi connectivity index (χ3v) is 1.31. The summed E-state index contributed by atoms with van der Waals surface area (Å²) in [6, 6.07) is -0.769. The van der Waals surface area contributed by atoms with Crippen molar-refractivity contribution in [1.82, 2.24) is 5.32 Å². The van der Waals surface area contributed by atoms with E-state index in [4.69, 9.17) is 12.2 Å². The molecule has 0 saturated heterocycles. The predicted octanol–water partition coefficient (Wildman–Crippen LogP) is -1.37. The third kappa shape index (κ3) is 4.82. The molecule has 0 heterocycles. The number of ether oxygens (including phenoxy) is 1. The summed E-state index contributed by atoms with van der Waals surface area (Å²) in [7, 11) is 1.23. The van der Waals surface area contributed by atoms with Crippen LogP contribution in [-0.4, -0.2) is 31.6 Å². The van der Waals surface area contributed by atoms with Crippen LogP contribution in [0.4, 0.5) is 0 Å². The maximum Gasteiger partial charge on any atom is 0.325 e. The summed E-state index contributed by atoms with van der Waals surface area (Å²) in [4.78, 5) is 21.6. The first-order valence-corrected chi connectivity index (χ1v) is 3.65. The Balaban J connectivity index is 3.75. The number of terminal acetylenes is 1. The molecule has 0 radical (unpaired) electrons. The first-order chi connectivity index (χ1) is 6.11. The summed E-state index contributed by atoms with van der Waals surface area (Å²) in [6.07, 6.45) is 5.09. The average Bonchev–Trinajstić information content (AvgIpc) is 2.13. The number of carbonyl (C=O) groups is 2. The number of carbonyl (C=O) groups excluding carboxylic acids is 2. The molecule has 0 aromatic heterocycles. The molecule has 0 rings (SSSR count). The van der Waals surface area contributed by atoms with Crippen LogP contribution in [0.1, 0.15) is 6.42 Å². The van der Waals surface area contributed by atoms with E-state index < -0.39 is 17.9 Å². The van der Waals surface area contributed by atoms with Gasteiger partial charge in [0.15, 0.2) is 0 Å². The Morgan fingerprint density at radius 1 is 1.69 bits per heavy atom. The fraction of sp³-hybridized carbons (Fsp3) is 0.500. The normalized spacial score (nSPS) is 11.2. The molecule has 0 bridgehead atoms. The molecule has 72 valence electrons. The van der Waals surface area contributed by atoms with Crippen LogP contribution in [-0.2, 0) is 14.3 Å². The molecule has 5 nitrogen and oxygen atoms in total. The SMILES string of the molecule is C#CCC(N)C(=O)NCC(=O)OC. The number of rotatable bonds is 4. The smallest absolute Gasteiger partial charge is 0.325 e. The van der Waals surface area contributed by atoms with E-state index in [2.05, 4.69) is 16.0 Å². The summed E-state index contributed by atoms with van der Waals surface area (Å²) in [5, 5.41) is 2.28. The quantitative estimate of drug-likeness (QED) is 0.417. The Labute approximate surface area is 76.6 Å². The van der Waals surface area contributed by atoms with E-state index in [1.54, 1.807) is 0 Å². The molecular formula is C8H12N2O3. The number of methoxy groups -OCH3 is 1. The number of esters is 1. The summed E-state index contributed by atoms with van der Waals surface area (Å²) in [6.45, 7) is -0.187. The van der Waals surface area contributed by atoms with Crippen LogP contribution in [0, 0.1) is 12.3 Å². The molecule has 1 unspecified atom stereocenters. The van der Waals surface area contributed by atoms with Gasteiger partial charge in [0.2, 0.25) is 5.91 Å². The fourth-order valence-corrected chi connectivity index (χ4v) is 0.582. The van der Waals surface area contributed by atoms with Crippen molar-refractivity contribution < 1.29 is 14.3 Å². The van der Waals surface area contributed by atoms with Crippen molar-refractivity contribution >= 4 is 11.9 Å². The summed E-state index contributed by atoms with van der Waals surface area (Å²) in [5.41, 5.74) is 5.35. The molecule has 0 aliphatic rings. The Bertz CT molecular complexity index is 232. The minimum absolute atomic E-state index is 0.146. The Hall–Kier alpha value is -1.54. The summed E-state index contributed by atoms with van der Waals surface area (Å²) < 4.78 is 4.31. The fourth-order valence-electron chi connectivity index (χ4n) is 0.582. The van der Waals surface area contributed by atoms with Crippen molar-refractivity contribution in [2.45, 2.75) is 12.5 Å². The van der Waals surface area contributed by atoms with E-state index in [0.717, 1.165) is 0 Å². The Morgan fingerprint density at radius 3 is 2.77 bits per heavy atom. The second-order valence-electron chi connectivity index (χ2n) is 2.31. The van der Waals surface area contributed by atoms with Gasteiger partial charge in [0.1, 0.15) is 6.54 Å². The van der Waals surface area contributed by atoms with Crippen molar-refractivity contribution in [2.75, 3.05) is 13.7 Å². The van der Waals surface area contributed by atoms with Gasteiger partial charge in [0, 0.05) is 6.42 Å². The van der Waals surface area contributed by atoms with E-state index in [1.165, 1.54) is 7.11 Å². The third-order valence-electron chi connectivity index (χ3n) is 1.31. The van der Waals surface area contributed by atoms with Gasteiger partial charge in [0.05, 0.1) is 13.2 Å². The minimum Gasteiger partial charge on any atom is -0.468 e. The zero-order valence-electron chi connectivity index (χ0n) is 7.37. The highest BCUT2D eigenvalue weighted by atomic mass is 16.5. The lowest BCUT2D eigenvalue weighted by atomic mass is 10.2. The molecule has 0 aromatic carbocycles. The zero-order chi connectivity index (χ0) is 10.3. The second kappa shape index (κ2) is 6.03. The molecule has 0 aliphatic carbocycles. The topological polar surface area (TPSA) is 81.4 Å². The van der Waals surface area contributed by atoms with Crippen molar-refractivity contribution in [3.63, 3.8) is 0 Å². The van der Waals surface area contributed by atoms with Crippen molar-refractivity contribution in [1.29, 1.82) is 0 Å². The van der Waals surface area contributed by atoms with Gasteiger partial charge >= 0.3 is 5.97 Å². The van der Waals surface area contributed by atoms with Crippen LogP contribution >= 0.6 is 0 Å². The van der Waals surface area contributed by atoms with Crippen molar-refractivity contribution in [3.8, 4) is 12.3 Å². The molecule has 5 heteroatoms. The van der Waals surface area contributed by atoms with Gasteiger partial charge in [0.25, 0.3) is 0 Å². The molecule has 1 atom stereocenters. The van der Waals surface area contributed by atoms with Crippen LogP contribution < -0.4 is 11.1 Å². The first-order valence-electron chi connectivity index (χ1n) is 3.65. The van der Waals surface area contributed by atoms with Crippen LogP contribution in [0.25, 0.3) is 0 Å². The van der Waals surface area contributed by atoms with E-state index in [9.17, 15) is 9.59 Å². The molecule has 3 N–H and O–H groups in total. The Morgan fingerprint density at radius 2 is 2.31 bits per heavy atom. The van der Waals surface area contributed by atoms with Crippen LogP contribution in [0.5, 0.6) is 0 Å². The first kappa shape index (κ1) is 11.5. The lowest BCUT2D eigenvalue weighted by Crippen LogP contribution is -2.42. The molecule has 0 spiro atoms. The molecule has 0 fully saturated rings. The molecule has 0 aliphatic heterocycles. The number of nitrogens with two attached hydrogens (primary N) is 1. The average molecular weight is 184 g/mol. The van der Waals surface area contributed by atoms with Crippen molar-refractivity contribution in [2.24, 2.45) is 5.73 Å². The molecule has 0 saturated carbocycles. The van der Waals surface area contributed by atoms with E-state index in [0.29, 0.717) is 0 Å². The number of hydrogen-bond donors (Lipinski definition) is 2. The summed E-state index contributed by atoms with van der Waals surface area (Å²) >= 11 is 0. The van der Waals surface area contributed by atoms with Crippen LogP contribution in [0.2, 0.25) is 0 Å². The molecular weight excluding hydrogens is 172 g/mol. The molecule has 13 heavy (non-hydrogen) atoms. The molecule has 1 amide bonds.